The van der Waals surface area contributed by atoms with Crippen molar-refractivity contribution in [2.75, 3.05) is 5.32 Å². The molecular weight excluding hydrogens is 393 g/mol. The summed E-state index contributed by atoms with van der Waals surface area (Å²) in [6.45, 7) is 1.46. The number of carbonyl (C=O) groups is 1. The number of carboxylic acid groups (broad SMARTS) is 1. The molecule has 0 aromatic carbocycles. The van der Waals surface area contributed by atoms with Gasteiger partial charge in [-0.15, -0.1) is 5.10 Å². The van der Waals surface area contributed by atoms with Gasteiger partial charge in [0.15, 0.2) is 6.10 Å². The quantitative estimate of drug-likeness (QED) is 0.567. The monoisotopic (exact) mass is 408 g/mol. The molecule has 3 aromatic rings. The number of pyridine rings is 2. The van der Waals surface area contributed by atoms with Crippen LogP contribution >= 0.6 is 0 Å². The first-order chi connectivity index (χ1) is 13.6. The van der Waals surface area contributed by atoms with Gasteiger partial charge >= 0.3 is 12.1 Å². The van der Waals surface area contributed by atoms with Crippen LogP contribution < -0.4 is 5.32 Å². The van der Waals surface area contributed by atoms with Crippen molar-refractivity contribution in [3.8, 4) is 11.4 Å². The molecule has 0 amide bonds. The van der Waals surface area contributed by atoms with E-state index in [4.69, 9.17) is 5.11 Å². The van der Waals surface area contributed by atoms with Gasteiger partial charge in [0.25, 0.3) is 0 Å². The number of aliphatic carboxylic acids is 1. The lowest BCUT2D eigenvalue weighted by Crippen LogP contribution is -2.25. The number of aromatic nitrogens is 5. The Morgan fingerprint density at radius 3 is 2.69 bits per heavy atom. The fourth-order valence-corrected chi connectivity index (χ4v) is 2.43. The van der Waals surface area contributed by atoms with Gasteiger partial charge in [0.1, 0.15) is 17.3 Å². The van der Waals surface area contributed by atoms with Crippen LogP contribution in [0.2, 0.25) is 0 Å². The van der Waals surface area contributed by atoms with Gasteiger partial charge in [-0.25, -0.2) is 19.4 Å². The van der Waals surface area contributed by atoms with Crippen molar-refractivity contribution >= 4 is 17.6 Å². The highest BCUT2D eigenvalue weighted by Crippen LogP contribution is 2.30. The summed E-state index contributed by atoms with van der Waals surface area (Å²) in [4.78, 5) is 18.9. The van der Waals surface area contributed by atoms with Crippen LogP contribution in [0.4, 0.5) is 24.8 Å². The van der Waals surface area contributed by atoms with Crippen LogP contribution in [0, 0.1) is 6.92 Å². The van der Waals surface area contributed by atoms with Gasteiger partial charge < -0.3 is 15.5 Å². The topological polar surface area (TPSA) is 126 Å². The van der Waals surface area contributed by atoms with Gasteiger partial charge in [0, 0.05) is 6.20 Å². The molecule has 29 heavy (non-hydrogen) atoms. The van der Waals surface area contributed by atoms with Gasteiger partial charge in [0.2, 0.25) is 0 Å². The first kappa shape index (κ1) is 20.2. The molecule has 0 spiro atoms. The summed E-state index contributed by atoms with van der Waals surface area (Å²) in [6, 6.07) is 5.02. The molecule has 0 aliphatic heterocycles. The zero-order chi connectivity index (χ0) is 21.2. The molecule has 0 saturated carbocycles. The van der Waals surface area contributed by atoms with Crippen molar-refractivity contribution in [2.24, 2.45) is 0 Å². The number of hydrogen-bond acceptors (Lipinski definition) is 7. The van der Waals surface area contributed by atoms with E-state index in [1.165, 1.54) is 6.20 Å². The van der Waals surface area contributed by atoms with Crippen molar-refractivity contribution in [3.05, 3.63) is 47.8 Å². The number of alkyl halides is 3. The largest absolute Gasteiger partial charge is 0.479 e. The van der Waals surface area contributed by atoms with Crippen molar-refractivity contribution in [1.82, 2.24) is 25.0 Å². The molecule has 0 radical (unpaired) electrons. The Kier molecular flexibility index (Phi) is 5.46. The highest BCUT2D eigenvalue weighted by atomic mass is 19.4. The van der Waals surface area contributed by atoms with E-state index in [2.05, 4.69) is 25.6 Å². The molecule has 3 N–H and O–H groups in total. The molecule has 1 atom stereocenters. The molecule has 12 heteroatoms. The summed E-state index contributed by atoms with van der Waals surface area (Å²) >= 11 is 0. The maximum Gasteiger partial charge on any atom is 0.416 e. The SMILES string of the molecule is Cc1cc(Nc2cc(C(F)(F)F)ccn2)nc(-c2cn(C[C@@H](O)C(=O)O)nn2)c1. The molecule has 0 aliphatic carbocycles. The van der Waals surface area contributed by atoms with E-state index < -0.39 is 23.8 Å². The van der Waals surface area contributed by atoms with E-state index in [0.29, 0.717) is 11.4 Å². The van der Waals surface area contributed by atoms with Crippen LogP contribution in [0.3, 0.4) is 0 Å². The van der Waals surface area contributed by atoms with Crippen molar-refractivity contribution in [3.63, 3.8) is 0 Å². The number of rotatable bonds is 6. The number of aliphatic hydroxyl groups is 1. The summed E-state index contributed by atoms with van der Waals surface area (Å²) < 4.78 is 39.7. The molecule has 3 aromatic heterocycles. The Bertz CT molecular complexity index is 1040. The first-order valence-corrected chi connectivity index (χ1v) is 8.22. The number of anilines is 2. The number of carboxylic acids is 1. The van der Waals surface area contributed by atoms with E-state index in [1.54, 1.807) is 19.1 Å². The molecular formula is C17H15F3N6O3. The number of aliphatic hydroxyl groups excluding tert-OH is 1. The average molecular weight is 408 g/mol. The number of nitrogens with one attached hydrogen (secondary N) is 1. The van der Waals surface area contributed by atoms with Crippen LogP contribution in [0.1, 0.15) is 11.1 Å². The summed E-state index contributed by atoms with van der Waals surface area (Å²) in [5, 5.41) is 28.5. The third kappa shape index (κ3) is 5.04. The minimum Gasteiger partial charge on any atom is -0.479 e. The zero-order valence-electron chi connectivity index (χ0n) is 14.9. The second-order valence-corrected chi connectivity index (χ2v) is 6.15. The maximum atomic E-state index is 12.9. The molecule has 152 valence electrons. The summed E-state index contributed by atoms with van der Waals surface area (Å²) in [5.74, 6) is -1.18. The third-order valence-electron chi connectivity index (χ3n) is 3.76. The lowest BCUT2D eigenvalue weighted by atomic mass is 10.2. The summed E-state index contributed by atoms with van der Waals surface area (Å²) in [7, 11) is 0. The van der Waals surface area contributed by atoms with Crippen LogP contribution in [0.5, 0.6) is 0 Å². The fourth-order valence-electron chi connectivity index (χ4n) is 2.43. The Labute approximate surface area is 161 Å². The summed E-state index contributed by atoms with van der Waals surface area (Å²) in [5.41, 5.74) is 0.550. The van der Waals surface area contributed by atoms with Crippen molar-refractivity contribution < 1.29 is 28.2 Å². The number of aryl methyl sites for hydroxylation is 1. The predicted octanol–water partition coefficient (Wildman–Crippen LogP) is 2.25. The fraction of sp³-hybridized carbons (Fsp3) is 0.235. The number of nitrogens with zero attached hydrogens (tertiary/aromatic N) is 5. The molecule has 0 aliphatic rings. The van der Waals surface area contributed by atoms with E-state index in [9.17, 15) is 23.1 Å². The van der Waals surface area contributed by atoms with Gasteiger partial charge in [-0.2, -0.15) is 13.2 Å². The summed E-state index contributed by atoms with van der Waals surface area (Å²) in [6.07, 6.45) is -3.69. The van der Waals surface area contributed by atoms with Crippen LogP contribution in [0.15, 0.2) is 36.7 Å². The van der Waals surface area contributed by atoms with Crippen LogP contribution in [-0.2, 0) is 17.5 Å². The molecule has 9 nitrogen and oxygen atoms in total. The predicted molar refractivity (Wildman–Crippen MR) is 94.2 cm³/mol. The molecule has 0 fully saturated rings. The molecule has 0 unspecified atom stereocenters. The minimum atomic E-state index is -4.50. The van der Waals surface area contributed by atoms with Gasteiger partial charge in [0.05, 0.1) is 24.0 Å². The van der Waals surface area contributed by atoms with Gasteiger partial charge in [-0.05, 0) is 36.8 Å². The van der Waals surface area contributed by atoms with E-state index >= 15 is 0 Å². The average Bonchev–Trinajstić information content (AvgIpc) is 3.09. The molecule has 0 bridgehead atoms. The normalized spacial score (nSPS) is 12.6. The zero-order valence-corrected chi connectivity index (χ0v) is 14.9. The number of hydrogen-bond donors (Lipinski definition) is 3. The van der Waals surface area contributed by atoms with Crippen molar-refractivity contribution in [1.29, 1.82) is 0 Å². The van der Waals surface area contributed by atoms with Crippen LogP contribution in [0.25, 0.3) is 11.4 Å². The lowest BCUT2D eigenvalue weighted by Gasteiger charge is -2.10. The Hall–Kier alpha value is -3.54. The van der Waals surface area contributed by atoms with E-state index in [1.807, 2.05) is 0 Å². The standard InChI is InChI=1S/C17H15F3N6O3/c1-9-4-11(12-7-26(25-24-12)8-13(27)16(28)29)22-15(5-9)23-14-6-10(2-3-21-14)17(18,19)20/h2-7,13,27H,8H2,1H3,(H,28,29)(H,21,22,23)/t13-/m1/s1. The first-order valence-electron chi connectivity index (χ1n) is 8.22. The second kappa shape index (κ2) is 7.83. The maximum absolute atomic E-state index is 12.9. The molecule has 0 saturated heterocycles. The third-order valence-corrected chi connectivity index (χ3v) is 3.76. The van der Waals surface area contributed by atoms with E-state index in [0.717, 1.165) is 28.6 Å². The minimum absolute atomic E-state index is 0.0305. The Balaban J connectivity index is 1.84. The molecule has 3 rings (SSSR count). The van der Waals surface area contributed by atoms with E-state index in [-0.39, 0.29) is 18.2 Å². The highest BCUT2D eigenvalue weighted by Gasteiger charge is 2.30. The smallest absolute Gasteiger partial charge is 0.416 e. The highest BCUT2D eigenvalue weighted by molar-refractivity contribution is 5.71. The van der Waals surface area contributed by atoms with Crippen LogP contribution in [-0.4, -0.2) is 47.2 Å². The van der Waals surface area contributed by atoms with Crippen molar-refractivity contribution in [2.45, 2.75) is 25.7 Å². The Morgan fingerprint density at radius 1 is 1.24 bits per heavy atom. The van der Waals surface area contributed by atoms with Gasteiger partial charge in [-0.3, -0.25) is 0 Å². The number of halogens is 3. The Morgan fingerprint density at radius 2 is 2.00 bits per heavy atom. The van der Waals surface area contributed by atoms with Gasteiger partial charge in [-0.1, -0.05) is 5.21 Å². The molecule has 3 heterocycles. The second-order valence-electron chi connectivity index (χ2n) is 6.15. The lowest BCUT2D eigenvalue weighted by molar-refractivity contribution is -0.147.